The van der Waals surface area contributed by atoms with Gasteiger partial charge in [0.15, 0.2) is 0 Å². The van der Waals surface area contributed by atoms with E-state index in [0.29, 0.717) is 12.0 Å². The SMILES string of the molecule is NS(=O)(=O)c1ccc(CCNC(=O)C(=O)NCCc2ccccc2F)cc1. The minimum absolute atomic E-state index is 0.00418. The van der Waals surface area contributed by atoms with Gasteiger partial charge in [-0.2, -0.15) is 0 Å². The van der Waals surface area contributed by atoms with E-state index >= 15 is 0 Å². The van der Waals surface area contributed by atoms with Crippen molar-refractivity contribution in [2.75, 3.05) is 13.1 Å². The molecule has 27 heavy (non-hydrogen) atoms. The largest absolute Gasteiger partial charge is 0.348 e. The van der Waals surface area contributed by atoms with Gasteiger partial charge in [-0.15, -0.1) is 0 Å². The molecule has 0 bridgehead atoms. The molecule has 0 fully saturated rings. The summed E-state index contributed by atoms with van der Waals surface area (Å²) in [6.45, 7) is 0.344. The summed E-state index contributed by atoms with van der Waals surface area (Å²) in [5.41, 5.74) is 1.24. The van der Waals surface area contributed by atoms with Crippen LogP contribution in [0.5, 0.6) is 0 Å². The second-order valence-corrected chi connectivity index (χ2v) is 7.35. The molecule has 2 aromatic carbocycles. The lowest BCUT2D eigenvalue weighted by Gasteiger charge is -2.07. The molecule has 0 aliphatic carbocycles. The number of primary sulfonamides is 1. The first-order valence-corrected chi connectivity index (χ1v) is 9.73. The average molecular weight is 393 g/mol. The molecule has 0 radical (unpaired) electrons. The van der Waals surface area contributed by atoms with Gasteiger partial charge >= 0.3 is 11.8 Å². The van der Waals surface area contributed by atoms with Crippen LogP contribution < -0.4 is 15.8 Å². The predicted molar refractivity (Wildman–Crippen MR) is 97.6 cm³/mol. The van der Waals surface area contributed by atoms with Gasteiger partial charge in [0.25, 0.3) is 0 Å². The number of nitrogens with two attached hydrogens (primary N) is 1. The number of rotatable bonds is 7. The second kappa shape index (κ2) is 9.24. The van der Waals surface area contributed by atoms with Crippen LogP contribution in [0.3, 0.4) is 0 Å². The van der Waals surface area contributed by atoms with Crippen molar-refractivity contribution in [3.05, 3.63) is 65.5 Å². The minimum Gasteiger partial charge on any atom is -0.348 e. The van der Waals surface area contributed by atoms with Crippen molar-refractivity contribution in [3.8, 4) is 0 Å². The molecule has 2 rings (SSSR count). The maximum absolute atomic E-state index is 13.5. The maximum Gasteiger partial charge on any atom is 0.309 e. The van der Waals surface area contributed by atoms with Crippen LogP contribution in [0, 0.1) is 5.82 Å². The van der Waals surface area contributed by atoms with Crippen LogP contribution in [0.4, 0.5) is 4.39 Å². The number of benzene rings is 2. The Bertz CT molecular complexity index is 914. The van der Waals surface area contributed by atoms with Gasteiger partial charge in [-0.05, 0) is 42.2 Å². The third kappa shape index (κ3) is 6.46. The van der Waals surface area contributed by atoms with Crippen LogP contribution in [0.15, 0.2) is 53.4 Å². The molecule has 0 heterocycles. The summed E-state index contributed by atoms with van der Waals surface area (Å²) in [6.07, 6.45) is 0.696. The van der Waals surface area contributed by atoms with Gasteiger partial charge in [0.1, 0.15) is 5.82 Å². The molecule has 4 N–H and O–H groups in total. The molecule has 0 saturated carbocycles. The first-order valence-electron chi connectivity index (χ1n) is 8.18. The standard InChI is InChI=1S/C18H20FN3O4S/c19-16-4-2-1-3-14(16)10-12-22-18(24)17(23)21-11-9-13-5-7-15(8-6-13)27(20,25)26/h1-8H,9-12H2,(H,21,23)(H,22,24)(H2,20,25,26). The molecule has 0 saturated heterocycles. The summed E-state index contributed by atoms with van der Waals surface area (Å²) in [5.74, 6) is -1.94. The van der Waals surface area contributed by atoms with Crippen LogP contribution in [0.1, 0.15) is 11.1 Å². The van der Waals surface area contributed by atoms with Crippen molar-refractivity contribution >= 4 is 21.8 Å². The smallest absolute Gasteiger partial charge is 0.309 e. The fourth-order valence-corrected chi connectivity index (χ4v) is 2.85. The molecular weight excluding hydrogens is 373 g/mol. The molecule has 9 heteroatoms. The van der Waals surface area contributed by atoms with Gasteiger partial charge < -0.3 is 10.6 Å². The highest BCUT2D eigenvalue weighted by molar-refractivity contribution is 7.89. The summed E-state index contributed by atoms with van der Waals surface area (Å²) in [5, 5.41) is 9.92. The zero-order valence-electron chi connectivity index (χ0n) is 14.4. The molecule has 0 spiro atoms. The molecule has 144 valence electrons. The van der Waals surface area contributed by atoms with Crippen LogP contribution in [0.2, 0.25) is 0 Å². The number of carbonyl (C=O) groups excluding carboxylic acids is 2. The van der Waals surface area contributed by atoms with Crippen LogP contribution in [0.25, 0.3) is 0 Å². The molecule has 0 atom stereocenters. The zero-order valence-corrected chi connectivity index (χ0v) is 15.3. The average Bonchev–Trinajstić information content (AvgIpc) is 2.63. The quantitative estimate of drug-likeness (QED) is 0.593. The van der Waals surface area contributed by atoms with Crippen LogP contribution in [-0.4, -0.2) is 33.3 Å². The van der Waals surface area contributed by atoms with Crippen molar-refractivity contribution in [2.24, 2.45) is 5.14 Å². The van der Waals surface area contributed by atoms with Crippen molar-refractivity contribution in [1.29, 1.82) is 0 Å². The number of carbonyl (C=O) groups is 2. The highest BCUT2D eigenvalue weighted by Crippen LogP contribution is 2.09. The second-order valence-electron chi connectivity index (χ2n) is 5.79. The predicted octanol–water partition coefficient (Wildman–Crippen LogP) is 0.491. The Morgan fingerprint density at radius 3 is 2.00 bits per heavy atom. The van der Waals surface area contributed by atoms with Gasteiger partial charge in [0, 0.05) is 13.1 Å². The molecule has 2 amide bonds. The third-order valence-electron chi connectivity index (χ3n) is 3.80. The number of amides is 2. The van der Waals surface area contributed by atoms with Crippen molar-refractivity contribution in [2.45, 2.75) is 17.7 Å². The fraction of sp³-hybridized carbons (Fsp3) is 0.222. The summed E-state index contributed by atoms with van der Waals surface area (Å²) in [4.78, 5) is 23.5. The molecule has 0 unspecified atom stereocenters. The van der Waals surface area contributed by atoms with E-state index < -0.39 is 21.8 Å². The highest BCUT2D eigenvalue weighted by Gasteiger charge is 2.13. The van der Waals surface area contributed by atoms with Crippen molar-refractivity contribution in [1.82, 2.24) is 10.6 Å². The van der Waals surface area contributed by atoms with E-state index in [1.807, 2.05) is 0 Å². The normalized spacial score (nSPS) is 11.0. The summed E-state index contributed by atoms with van der Waals surface area (Å²) >= 11 is 0. The molecule has 2 aromatic rings. The van der Waals surface area contributed by atoms with Gasteiger partial charge in [-0.1, -0.05) is 30.3 Å². The number of hydrogen-bond donors (Lipinski definition) is 3. The molecule has 0 aromatic heterocycles. The monoisotopic (exact) mass is 393 g/mol. The van der Waals surface area contributed by atoms with E-state index in [1.165, 1.54) is 18.2 Å². The molecule has 7 nitrogen and oxygen atoms in total. The summed E-state index contributed by atoms with van der Waals surface area (Å²) < 4.78 is 35.8. The van der Waals surface area contributed by atoms with E-state index in [-0.39, 0.29) is 30.2 Å². The third-order valence-corrected chi connectivity index (χ3v) is 4.72. The van der Waals surface area contributed by atoms with E-state index in [2.05, 4.69) is 10.6 Å². The Morgan fingerprint density at radius 1 is 0.889 bits per heavy atom. The fourth-order valence-electron chi connectivity index (χ4n) is 2.34. The van der Waals surface area contributed by atoms with Crippen LogP contribution >= 0.6 is 0 Å². The lowest BCUT2D eigenvalue weighted by molar-refractivity contribution is -0.139. The number of halogens is 1. The number of nitrogens with one attached hydrogen (secondary N) is 2. The van der Waals surface area contributed by atoms with E-state index in [9.17, 15) is 22.4 Å². The number of sulfonamides is 1. The first kappa shape index (κ1) is 20.5. The molecule has 0 aliphatic rings. The molecule has 0 aliphatic heterocycles. The van der Waals surface area contributed by atoms with E-state index in [0.717, 1.165) is 5.56 Å². The summed E-state index contributed by atoms with van der Waals surface area (Å²) in [6, 6.07) is 12.1. The first-order chi connectivity index (χ1) is 12.8. The van der Waals surface area contributed by atoms with E-state index in [4.69, 9.17) is 5.14 Å². The Hall–Kier alpha value is -2.78. The maximum atomic E-state index is 13.5. The van der Waals surface area contributed by atoms with Gasteiger partial charge in [-0.3, -0.25) is 9.59 Å². The van der Waals surface area contributed by atoms with Gasteiger partial charge in [0.2, 0.25) is 10.0 Å². The van der Waals surface area contributed by atoms with Crippen molar-refractivity contribution in [3.63, 3.8) is 0 Å². The number of hydrogen-bond acceptors (Lipinski definition) is 4. The Labute approximate surface area is 156 Å². The summed E-state index contributed by atoms with van der Waals surface area (Å²) in [7, 11) is -3.74. The van der Waals surface area contributed by atoms with Gasteiger partial charge in [-0.25, -0.2) is 17.9 Å². The Kier molecular flexibility index (Phi) is 7.03. The lowest BCUT2D eigenvalue weighted by Crippen LogP contribution is -2.41. The Morgan fingerprint density at radius 2 is 1.44 bits per heavy atom. The zero-order chi connectivity index (χ0) is 19.9. The van der Waals surface area contributed by atoms with Crippen molar-refractivity contribution < 1.29 is 22.4 Å². The van der Waals surface area contributed by atoms with Gasteiger partial charge in [0.05, 0.1) is 4.90 Å². The Balaban J connectivity index is 1.72. The minimum atomic E-state index is -3.74. The highest BCUT2D eigenvalue weighted by atomic mass is 32.2. The molecular formula is C18H20FN3O4S. The van der Waals surface area contributed by atoms with E-state index in [1.54, 1.807) is 30.3 Å². The van der Waals surface area contributed by atoms with Crippen LogP contribution in [-0.2, 0) is 32.5 Å². The topological polar surface area (TPSA) is 118 Å². The lowest BCUT2D eigenvalue weighted by atomic mass is 10.1.